The summed E-state index contributed by atoms with van der Waals surface area (Å²) in [5.41, 5.74) is 18.2. The molecule has 8 heteroatoms. The molecule has 0 saturated heterocycles. The van der Waals surface area contributed by atoms with Gasteiger partial charge in [0.25, 0.3) is 0 Å². The van der Waals surface area contributed by atoms with Gasteiger partial charge in [0.1, 0.15) is 22.3 Å². The third-order valence-electron chi connectivity index (χ3n) is 22.4. The molecule has 4 heterocycles. The number of hydrogen-bond donors (Lipinski definition) is 0. The van der Waals surface area contributed by atoms with E-state index >= 15 is 0 Å². The predicted molar refractivity (Wildman–Crippen MR) is 471 cm³/mol. The van der Waals surface area contributed by atoms with Crippen LogP contribution in [0.4, 0.5) is 0 Å². The van der Waals surface area contributed by atoms with E-state index in [9.17, 15) is 0 Å². The van der Waals surface area contributed by atoms with Crippen molar-refractivity contribution >= 4 is 119 Å². The molecule has 530 valence electrons. The van der Waals surface area contributed by atoms with Gasteiger partial charge >= 0.3 is 0 Å². The van der Waals surface area contributed by atoms with Crippen LogP contribution in [0.5, 0.6) is 0 Å². The summed E-state index contributed by atoms with van der Waals surface area (Å²) in [6.45, 7) is 0. The quantitative estimate of drug-likeness (QED) is 0.133. The highest BCUT2D eigenvalue weighted by atomic mass is 16.3. The lowest BCUT2D eigenvalue weighted by molar-refractivity contribution is 0.669. The highest BCUT2D eigenvalue weighted by Crippen LogP contribution is 2.46. The molecule has 0 bridgehead atoms. The second-order valence-electron chi connectivity index (χ2n) is 29.1. The zero-order valence-corrected chi connectivity index (χ0v) is 61.5. The minimum Gasteiger partial charge on any atom is -0.456 e. The maximum atomic E-state index is 6.50. The molecule has 0 radical (unpaired) electrons. The zero-order valence-electron chi connectivity index (χ0n) is 61.5. The molecule has 0 aliphatic heterocycles. The van der Waals surface area contributed by atoms with Crippen LogP contribution in [-0.4, -0.2) is 29.9 Å². The number of rotatable bonds is 10. The first kappa shape index (κ1) is 65.7. The Labute approximate surface area is 654 Å². The molecule has 0 atom stereocenters. The van der Waals surface area contributed by atoms with Crippen LogP contribution in [0.2, 0.25) is 0 Å². The van der Waals surface area contributed by atoms with Gasteiger partial charge in [0.2, 0.25) is 0 Å². The van der Waals surface area contributed by atoms with E-state index in [2.05, 4.69) is 382 Å². The lowest BCUT2D eigenvalue weighted by atomic mass is 9.92. The van der Waals surface area contributed by atoms with Crippen molar-refractivity contribution in [2.45, 2.75) is 0 Å². The monoisotopic (exact) mass is 1450 g/mol. The van der Waals surface area contributed by atoms with Crippen LogP contribution in [0, 0.1) is 0 Å². The molecule has 0 N–H and O–H groups in total. The standard InChI is InChI=1S/C55H33N3O.C51H31N3O/c1-2-14-35(15-3-1)40-27-29-47(43-21-10-8-19-41(40)43)54-56-53(39-26-25-34-13-4-5-16-36(34)31-39)57-55(58-54)48-30-28-45(42-20-9-11-22-44(42)48)46-23-12-24-50-52(46)49-32-37-17-6-7-18-38(37)33-51(49)59-50;1-2-12-32(13-3-1)35-18-10-19-38(28-35)49-52-50(39-25-24-33-14-4-5-15-34(33)29-39)54-51(53-49)44-27-26-42(40-20-8-9-21-41(40)44)43-22-11-23-46-48(43)45-30-36-16-6-7-17-37(36)31-47(45)55-46/h1-33H;1-31H. The summed E-state index contributed by atoms with van der Waals surface area (Å²) in [6.07, 6.45) is 0. The van der Waals surface area contributed by atoms with Crippen LogP contribution in [0.3, 0.4) is 0 Å². The Bertz CT molecular complexity index is 7820. The minimum atomic E-state index is 0.621. The smallest absolute Gasteiger partial charge is 0.164 e. The summed E-state index contributed by atoms with van der Waals surface area (Å²) in [5.74, 6) is 3.76. The first-order valence-corrected chi connectivity index (χ1v) is 38.4. The van der Waals surface area contributed by atoms with E-state index in [0.29, 0.717) is 34.9 Å². The molecule has 0 unspecified atom stereocenters. The van der Waals surface area contributed by atoms with Gasteiger partial charge in [-0.2, -0.15) is 0 Å². The normalized spacial score (nSPS) is 11.7. The molecule has 23 rings (SSSR count). The van der Waals surface area contributed by atoms with Gasteiger partial charge in [0.05, 0.1) is 0 Å². The number of benzene rings is 19. The maximum absolute atomic E-state index is 6.50. The lowest BCUT2D eigenvalue weighted by Crippen LogP contribution is -2.01. The number of fused-ring (bicyclic) bond motifs is 13. The van der Waals surface area contributed by atoms with Crippen LogP contribution >= 0.6 is 0 Å². The van der Waals surface area contributed by atoms with Gasteiger partial charge < -0.3 is 8.83 Å². The zero-order chi connectivity index (χ0) is 75.2. The molecule has 8 nitrogen and oxygen atoms in total. The molecule has 4 aromatic heterocycles. The van der Waals surface area contributed by atoms with Crippen molar-refractivity contribution in [1.82, 2.24) is 29.9 Å². The summed E-state index contributed by atoms with van der Waals surface area (Å²) in [6, 6.07) is 136. The second-order valence-corrected chi connectivity index (χ2v) is 29.1. The van der Waals surface area contributed by atoms with E-state index in [4.69, 9.17) is 38.7 Å². The van der Waals surface area contributed by atoms with Crippen LogP contribution in [0.1, 0.15) is 0 Å². The van der Waals surface area contributed by atoms with E-state index in [1.807, 2.05) is 6.07 Å². The number of aromatic nitrogens is 6. The summed E-state index contributed by atoms with van der Waals surface area (Å²) in [7, 11) is 0. The highest BCUT2D eigenvalue weighted by molar-refractivity contribution is 6.21. The van der Waals surface area contributed by atoms with E-state index in [1.165, 1.54) is 32.7 Å². The fourth-order valence-electron chi connectivity index (χ4n) is 16.9. The van der Waals surface area contributed by atoms with Crippen LogP contribution in [0.25, 0.3) is 232 Å². The van der Waals surface area contributed by atoms with E-state index in [1.54, 1.807) is 0 Å². The molecule has 23 aromatic rings. The van der Waals surface area contributed by atoms with E-state index in [-0.39, 0.29) is 0 Å². The molecular formula is C106H64N6O2. The Morgan fingerprint density at radius 1 is 0.140 bits per heavy atom. The average Bonchev–Trinajstić information content (AvgIpc) is 1.35. The van der Waals surface area contributed by atoms with Gasteiger partial charge in [-0.05, 0) is 193 Å². The lowest BCUT2D eigenvalue weighted by Gasteiger charge is -2.15. The first-order valence-electron chi connectivity index (χ1n) is 38.4. The van der Waals surface area contributed by atoms with Crippen molar-refractivity contribution in [3.8, 4) is 113 Å². The van der Waals surface area contributed by atoms with Gasteiger partial charge in [-0.1, -0.05) is 315 Å². The molecule has 19 aromatic carbocycles. The van der Waals surface area contributed by atoms with Gasteiger partial charge in [-0.25, -0.2) is 29.9 Å². The summed E-state index contributed by atoms with van der Waals surface area (Å²) in [5, 5.41) is 20.3. The summed E-state index contributed by atoms with van der Waals surface area (Å²) >= 11 is 0. The number of hydrogen-bond acceptors (Lipinski definition) is 8. The van der Waals surface area contributed by atoms with Crippen LogP contribution in [0.15, 0.2) is 397 Å². The second kappa shape index (κ2) is 27.3. The van der Waals surface area contributed by atoms with Gasteiger partial charge in [0.15, 0.2) is 34.9 Å². The first-order chi connectivity index (χ1) is 56.5. The van der Waals surface area contributed by atoms with Crippen molar-refractivity contribution in [1.29, 1.82) is 0 Å². The van der Waals surface area contributed by atoms with Crippen molar-refractivity contribution in [2.24, 2.45) is 0 Å². The van der Waals surface area contributed by atoms with E-state index in [0.717, 1.165) is 165 Å². The fraction of sp³-hybridized carbons (Fsp3) is 0. The molecule has 0 spiro atoms. The summed E-state index contributed by atoms with van der Waals surface area (Å²) < 4.78 is 13.0. The predicted octanol–water partition coefficient (Wildman–Crippen LogP) is 28.3. The molecule has 0 amide bonds. The fourth-order valence-corrected chi connectivity index (χ4v) is 16.9. The number of nitrogens with zero attached hydrogens (tertiary/aromatic N) is 6. The van der Waals surface area contributed by atoms with Crippen molar-refractivity contribution in [3.63, 3.8) is 0 Å². The molecule has 0 saturated carbocycles. The van der Waals surface area contributed by atoms with Crippen molar-refractivity contribution < 1.29 is 8.83 Å². The maximum Gasteiger partial charge on any atom is 0.164 e. The topological polar surface area (TPSA) is 104 Å². The molecule has 114 heavy (non-hydrogen) atoms. The molecule has 0 aliphatic rings. The van der Waals surface area contributed by atoms with Crippen molar-refractivity contribution in [3.05, 3.63) is 388 Å². The Morgan fingerprint density at radius 2 is 0.439 bits per heavy atom. The SMILES string of the molecule is c1ccc(-c2ccc(-c3nc(-c4ccc5ccccc5c4)nc(-c4ccc(-c5cccc6oc7cc8ccccc8cc7c56)c5ccccc45)n3)c3ccccc23)cc1.c1ccc(-c2cccc(-c3nc(-c4ccc5ccccc5c4)nc(-c4ccc(-c5cccc6oc7cc8ccccc8cc7c56)c5ccccc45)n3)c2)cc1. The van der Waals surface area contributed by atoms with Crippen LogP contribution in [-0.2, 0) is 0 Å². The summed E-state index contributed by atoms with van der Waals surface area (Å²) in [4.78, 5) is 31.4. The van der Waals surface area contributed by atoms with Crippen LogP contribution < -0.4 is 0 Å². The molecular weight excluding hydrogens is 1390 g/mol. The molecule has 0 aliphatic carbocycles. The van der Waals surface area contributed by atoms with Gasteiger partial charge in [-0.3, -0.25) is 0 Å². The highest BCUT2D eigenvalue weighted by Gasteiger charge is 2.24. The minimum absolute atomic E-state index is 0.621. The Balaban J connectivity index is 0.000000139. The number of furan rings is 2. The van der Waals surface area contributed by atoms with Gasteiger partial charge in [0, 0.05) is 54.9 Å². The Kier molecular flexibility index (Phi) is 15.7. The third-order valence-corrected chi connectivity index (χ3v) is 22.4. The Morgan fingerprint density at radius 3 is 0.877 bits per heavy atom. The van der Waals surface area contributed by atoms with Gasteiger partial charge in [-0.15, -0.1) is 0 Å². The average molecular weight is 1450 g/mol. The van der Waals surface area contributed by atoms with Crippen molar-refractivity contribution in [2.75, 3.05) is 0 Å². The Hall–Kier alpha value is -15.4. The van der Waals surface area contributed by atoms with E-state index < -0.39 is 0 Å². The third kappa shape index (κ3) is 11.5. The largest absolute Gasteiger partial charge is 0.456 e. The molecule has 0 fully saturated rings.